The van der Waals surface area contributed by atoms with Crippen molar-refractivity contribution in [3.63, 3.8) is 0 Å². The van der Waals surface area contributed by atoms with Gasteiger partial charge in [0.15, 0.2) is 0 Å². The van der Waals surface area contributed by atoms with Crippen LogP contribution in [0.2, 0.25) is 5.02 Å². The van der Waals surface area contributed by atoms with Crippen molar-refractivity contribution in [3.05, 3.63) is 33.0 Å². The summed E-state index contributed by atoms with van der Waals surface area (Å²) in [7, 11) is 0. The summed E-state index contributed by atoms with van der Waals surface area (Å²) in [6.45, 7) is 0. The van der Waals surface area contributed by atoms with Crippen LogP contribution in [0.15, 0.2) is 16.6 Å². The Hall–Kier alpha value is -0.120. The van der Waals surface area contributed by atoms with Gasteiger partial charge in [-0.25, -0.2) is 4.39 Å². The summed E-state index contributed by atoms with van der Waals surface area (Å²) in [5, 5.41) is 0.122. The summed E-state index contributed by atoms with van der Waals surface area (Å²) < 4.78 is 13.9. The van der Waals surface area contributed by atoms with Crippen molar-refractivity contribution in [2.45, 2.75) is 24.8 Å². The van der Waals surface area contributed by atoms with Crippen molar-refractivity contribution in [2.24, 2.45) is 5.73 Å². The molecular formula is C10H10BrClFN. The molecule has 1 aliphatic carbocycles. The number of rotatable bonds is 1. The van der Waals surface area contributed by atoms with Crippen LogP contribution in [-0.2, 0) is 5.54 Å². The van der Waals surface area contributed by atoms with Crippen molar-refractivity contribution >= 4 is 27.5 Å². The molecule has 4 heteroatoms. The van der Waals surface area contributed by atoms with E-state index >= 15 is 0 Å². The Bertz CT molecular complexity index is 353. The first-order valence-corrected chi connectivity index (χ1v) is 5.64. The first-order valence-electron chi connectivity index (χ1n) is 4.47. The smallest absolute Gasteiger partial charge is 0.143 e. The molecule has 2 rings (SSSR count). The summed E-state index contributed by atoms with van der Waals surface area (Å²) in [4.78, 5) is 0. The maximum Gasteiger partial charge on any atom is 0.143 e. The molecule has 0 unspecified atom stereocenters. The van der Waals surface area contributed by atoms with Crippen molar-refractivity contribution in [1.29, 1.82) is 0 Å². The number of benzene rings is 1. The van der Waals surface area contributed by atoms with Gasteiger partial charge in [-0.2, -0.15) is 0 Å². The SMILES string of the molecule is NC1(c2cc(F)c(Cl)c(Br)c2)CCC1. The Kier molecular flexibility index (Phi) is 2.58. The van der Waals surface area contributed by atoms with Gasteiger partial charge in [0, 0.05) is 10.0 Å². The van der Waals surface area contributed by atoms with Crippen LogP contribution >= 0.6 is 27.5 Å². The molecule has 0 saturated heterocycles. The number of halogens is 3. The molecule has 0 radical (unpaired) electrons. The number of hydrogen-bond acceptors (Lipinski definition) is 1. The second-order valence-corrected chi connectivity index (χ2v) is 5.00. The first-order chi connectivity index (χ1) is 6.53. The van der Waals surface area contributed by atoms with Gasteiger partial charge in [-0.05, 0) is 52.9 Å². The summed E-state index contributed by atoms with van der Waals surface area (Å²) in [5.41, 5.74) is 6.57. The molecule has 2 N–H and O–H groups in total. The molecule has 1 aliphatic rings. The van der Waals surface area contributed by atoms with Crippen LogP contribution in [0, 0.1) is 5.82 Å². The summed E-state index contributed by atoms with van der Waals surface area (Å²) in [6.07, 6.45) is 2.94. The van der Waals surface area contributed by atoms with E-state index in [9.17, 15) is 4.39 Å². The van der Waals surface area contributed by atoms with E-state index in [4.69, 9.17) is 17.3 Å². The lowest BCUT2D eigenvalue weighted by atomic mass is 9.73. The normalized spacial score (nSPS) is 19.1. The minimum absolute atomic E-state index is 0.122. The molecule has 1 saturated carbocycles. The molecule has 0 bridgehead atoms. The highest BCUT2D eigenvalue weighted by Crippen LogP contribution is 2.41. The minimum Gasteiger partial charge on any atom is -0.321 e. The Morgan fingerprint density at radius 2 is 2.07 bits per heavy atom. The highest BCUT2D eigenvalue weighted by atomic mass is 79.9. The summed E-state index contributed by atoms with van der Waals surface area (Å²) in [6, 6.07) is 3.25. The third-order valence-electron chi connectivity index (χ3n) is 2.80. The molecule has 0 aromatic heterocycles. The van der Waals surface area contributed by atoms with Gasteiger partial charge in [-0.1, -0.05) is 11.6 Å². The predicted octanol–water partition coefficient (Wildman–Crippen LogP) is 3.58. The number of hydrogen-bond donors (Lipinski definition) is 1. The second kappa shape index (κ2) is 3.47. The van der Waals surface area contributed by atoms with Crippen LogP contribution in [0.25, 0.3) is 0 Å². The quantitative estimate of drug-likeness (QED) is 0.781. The number of nitrogens with two attached hydrogens (primary N) is 1. The first kappa shape index (κ1) is 10.4. The van der Waals surface area contributed by atoms with E-state index in [1.807, 2.05) is 6.07 Å². The van der Waals surface area contributed by atoms with Gasteiger partial charge in [-0.15, -0.1) is 0 Å². The van der Waals surface area contributed by atoms with Crippen LogP contribution in [0.4, 0.5) is 4.39 Å². The molecule has 0 spiro atoms. The predicted molar refractivity (Wildman–Crippen MR) is 58.8 cm³/mol. The van der Waals surface area contributed by atoms with E-state index in [1.54, 1.807) is 0 Å². The highest BCUT2D eigenvalue weighted by Gasteiger charge is 2.35. The molecule has 1 aromatic carbocycles. The standard InChI is InChI=1S/C10H10BrClFN/c11-7-4-6(5-8(13)9(7)12)10(14)2-1-3-10/h4-5H,1-3,14H2. The van der Waals surface area contributed by atoms with Gasteiger partial charge in [0.25, 0.3) is 0 Å². The fourth-order valence-corrected chi connectivity index (χ4v) is 2.23. The molecule has 1 nitrogen and oxygen atoms in total. The van der Waals surface area contributed by atoms with E-state index in [-0.39, 0.29) is 10.6 Å². The zero-order valence-electron chi connectivity index (χ0n) is 7.49. The zero-order chi connectivity index (χ0) is 10.3. The van der Waals surface area contributed by atoms with Gasteiger partial charge in [0.05, 0.1) is 5.02 Å². The average molecular weight is 279 g/mol. The maximum atomic E-state index is 13.3. The van der Waals surface area contributed by atoms with E-state index in [0.29, 0.717) is 4.47 Å². The largest absolute Gasteiger partial charge is 0.321 e. The van der Waals surface area contributed by atoms with Crippen LogP contribution in [0.5, 0.6) is 0 Å². The van der Waals surface area contributed by atoms with E-state index in [2.05, 4.69) is 15.9 Å². The molecule has 0 aliphatic heterocycles. The van der Waals surface area contributed by atoms with Crippen molar-refractivity contribution in [2.75, 3.05) is 0 Å². The van der Waals surface area contributed by atoms with Gasteiger partial charge in [0.1, 0.15) is 5.82 Å². The fraction of sp³-hybridized carbons (Fsp3) is 0.400. The zero-order valence-corrected chi connectivity index (χ0v) is 9.83. The lowest BCUT2D eigenvalue weighted by Crippen LogP contribution is -2.43. The van der Waals surface area contributed by atoms with Crippen LogP contribution < -0.4 is 5.73 Å². The van der Waals surface area contributed by atoms with Crippen LogP contribution in [-0.4, -0.2) is 0 Å². The third kappa shape index (κ3) is 1.58. The van der Waals surface area contributed by atoms with Crippen molar-refractivity contribution in [1.82, 2.24) is 0 Å². The Morgan fingerprint density at radius 1 is 1.43 bits per heavy atom. The highest BCUT2D eigenvalue weighted by molar-refractivity contribution is 9.10. The van der Waals surface area contributed by atoms with Crippen LogP contribution in [0.3, 0.4) is 0 Å². The molecule has 1 aromatic rings. The van der Waals surface area contributed by atoms with Crippen molar-refractivity contribution < 1.29 is 4.39 Å². The Labute approximate surface area is 95.6 Å². The lowest BCUT2D eigenvalue weighted by Gasteiger charge is -2.38. The van der Waals surface area contributed by atoms with Gasteiger partial charge in [-0.3, -0.25) is 0 Å². The molecule has 14 heavy (non-hydrogen) atoms. The lowest BCUT2D eigenvalue weighted by molar-refractivity contribution is 0.252. The van der Waals surface area contributed by atoms with E-state index in [1.165, 1.54) is 6.07 Å². The molecule has 0 heterocycles. The summed E-state index contributed by atoms with van der Waals surface area (Å²) in [5.74, 6) is -0.409. The molecule has 1 fully saturated rings. The average Bonchev–Trinajstić information content (AvgIpc) is 2.09. The third-order valence-corrected chi connectivity index (χ3v) is 4.04. The minimum atomic E-state index is -0.409. The van der Waals surface area contributed by atoms with E-state index < -0.39 is 5.82 Å². The molecule has 0 atom stereocenters. The summed E-state index contributed by atoms with van der Waals surface area (Å²) >= 11 is 8.91. The molecule has 0 amide bonds. The van der Waals surface area contributed by atoms with E-state index in [0.717, 1.165) is 24.8 Å². The monoisotopic (exact) mass is 277 g/mol. The molecule has 76 valence electrons. The van der Waals surface area contributed by atoms with Crippen LogP contribution in [0.1, 0.15) is 24.8 Å². The van der Waals surface area contributed by atoms with Crippen molar-refractivity contribution in [3.8, 4) is 0 Å². The Balaban J connectivity index is 2.45. The topological polar surface area (TPSA) is 26.0 Å². The Morgan fingerprint density at radius 3 is 2.50 bits per heavy atom. The van der Waals surface area contributed by atoms with Gasteiger partial charge in [0.2, 0.25) is 0 Å². The van der Waals surface area contributed by atoms with Gasteiger partial charge >= 0.3 is 0 Å². The van der Waals surface area contributed by atoms with Gasteiger partial charge < -0.3 is 5.73 Å². The molecular weight excluding hydrogens is 268 g/mol. The second-order valence-electron chi connectivity index (χ2n) is 3.76. The fourth-order valence-electron chi connectivity index (χ4n) is 1.69. The maximum absolute atomic E-state index is 13.3.